The lowest BCUT2D eigenvalue weighted by Gasteiger charge is -2.17. The van der Waals surface area contributed by atoms with Gasteiger partial charge < -0.3 is 9.84 Å². The second-order valence-corrected chi connectivity index (χ2v) is 6.81. The van der Waals surface area contributed by atoms with Crippen molar-refractivity contribution in [2.24, 2.45) is 0 Å². The van der Waals surface area contributed by atoms with Crippen LogP contribution in [0.4, 0.5) is 10.5 Å². The van der Waals surface area contributed by atoms with Crippen LogP contribution in [-0.2, 0) is 16.6 Å². The Hall–Kier alpha value is -2.15. The summed E-state index contributed by atoms with van der Waals surface area (Å²) in [6.45, 7) is 3.89. The van der Waals surface area contributed by atoms with Crippen molar-refractivity contribution in [2.45, 2.75) is 19.6 Å². The third kappa shape index (κ3) is 4.66. The number of amides is 2. The predicted octanol–water partition coefficient (Wildman–Crippen LogP) is 2.39. The zero-order chi connectivity index (χ0) is 16.8. The number of aryl methyl sites for hydroxylation is 2. The molecule has 0 radical (unpaired) electrons. The molecule has 1 aromatic carbocycles. The molecule has 0 aliphatic carbocycles. The molecule has 2 rings (SSSR count). The molecule has 0 spiro atoms. The van der Waals surface area contributed by atoms with E-state index in [9.17, 15) is 9.00 Å². The number of hydrogen-bond donors (Lipinski definition) is 1. The minimum atomic E-state index is -1.01. The van der Waals surface area contributed by atoms with Gasteiger partial charge in [-0.2, -0.15) is 0 Å². The topological polar surface area (TPSA) is 75.4 Å². The quantitative estimate of drug-likeness (QED) is 0.879. The van der Waals surface area contributed by atoms with Gasteiger partial charge in [-0.3, -0.25) is 9.11 Å². The molecule has 0 fully saturated rings. The molecule has 23 heavy (non-hydrogen) atoms. The number of urea groups is 1. The van der Waals surface area contributed by atoms with Crippen molar-refractivity contribution in [1.29, 1.82) is 0 Å². The fourth-order valence-electron chi connectivity index (χ4n) is 2.28. The van der Waals surface area contributed by atoms with E-state index in [0.29, 0.717) is 35.2 Å². The third-order valence-electron chi connectivity index (χ3n) is 3.41. The Kier molecular flexibility index (Phi) is 5.92. The number of anilines is 1. The summed E-state index contributed by atoms with van der Waals surface area (Å²) in [5.41, 5.74) is 2.35. The smallest absolute Gasteiger partial charge is 0.321 e. The van der Waals surface area contributed by atoms with E-state index in [0.717, 1.165) is 5.56 Å². The van der Waals surface area contributed by atoms with Gasteiger partial charge in [-0.05, 0) is 19.4 Å². The highest BCUT2D eigenvalue weighted by molar-refractivity contribution is 7.84. The van der Waals surface area contributed by atoms with Crippen LogP contribution >= 0.6 is 0 Å². The molecule has 2 amide bonds. The van der Waals surface area contributed by atoms with E-state index >= 15 is 0 Å². The molecule has 7 heteroatoms. The number of aromatic nitrogens is 1. The van der Waals surface area contributed by atoms with Gasteiger partial charge in [-0.25, -0.2) is 4.79 Å². The van der Waals surface area contributed by atoms with E-state index in [1.165, 1.54) is 4.90 Å². The van der Waals surface area contributed by atoms with Crippen molar-refractivity contribution < 1.29 is 13.5 Å². The zero-order valence-electron chi connectivity index (χ0n) is 13.5. The van der Waals surface area contributed by atoms with E-state index in [4.69, 9.17) is 4.52 Å². The van der Waals surface area contributed by atoms with Crippen molar-refractivity contribution >= 4 is 22.5 Å². The summed E-state index contributed by atoms with van der Waals surface area (Å²) in [6, 6.07) is 9.40. The number of rotatable bonds is 6. The maximum atomic E-state index is 12.1. The standard InChI is InChI=1S/C16H21N3O3S/c1-12-15(13(2)22-18-12)19(3)16(20)17-9-10-23(21)11-14-7-5-4-6-8-14/h4-8H,9-11H2,1-3H3,(H,17,20)/t23-/m1/s1. The largest absolute Gasteiger partial charge is 0.359 e. The van der Waals surface area contributed by atoms with Gasteiger partial charge in [0, 0.05) is 35.9 Å². The van der Waals surface area contributed by atoms with Crippen molar-refractivity contribution in [3.63, 3.8) is 0 Å². The van der Waals surface area contributed by atoms with Crippen LogP contribution in [0.15, 0.2) is 34.9 Å². The van der Waals surface area contributed by atoms with Gasteiger partial charge in [-0.1, -0.05) is 35.5 Å². The maximum Gasteiger partial charge on any atom is 0.321 e. The minimum absolute atomic E-state index is 0.267. The minimum Gasteiger partial charge on any atom is -0.359 e. The maximum absolute atomic E-state index is 12.1. The first-order valence-corrected chi connectivity index (χ1v) is 8.81. The normalized spacial score (nSPS) is 12.0. The van der Waals surface area contributed by atoms with Crippen LogP contribution in [0.5, 0.6) is 0 Å². The van der Waals surface area contributed by atoms with Gasteiger partial charge in [0.25, 0.3) is 0 Å². The summed E-state index contributed by atoms with van der Waals surface area (Å²) < 4.78 is 17.1. The van der Waals surface area contributed by atoms with Crippen LogP contribution in [0.1, 0.15) is 17.0 Å². The van der Waals surface area contributed by atoms with Crippen molar-refractivity contribution in [2.75, 3.05) is 24.2 Å². The molecule has 0 saturated heterocycles. The molecule has 0 aliphatic heterocycles. The first kappa shape index (κ1) is 17.2. The Balaban J connectivity index is 1.79. The first-order valence-electron chi connectivity index (χ1n) is 7.32. The molecule has 0 aliphatic rings. The number of hydrogen-bond acceptors (Lipinski definition) is 4. The summed E-state index contributed by atoms with van der Waals surface area (Å²) in [4.78, 5) is 13.6. The van der Waals surface area contributed by atoms with Crippen LogP contribution in [0.2, 0.25) is 0 Å². The van der Waals surface area contributed by atoms with E-state index in [2.05, 4.69) is 10.5 Å². The van der Waals surface area contributed by atoms with E-state index in [-0.39, 0.29) is 6.03 Å². The molecule has 0 unspecified atom stereocenters. The molecular weight excluding hydrogens is 314 g/mol. The fraction of sp³-hybridized carbons (Fsp3) is 0.375. The molecule has 0 bridgehead atoms. The van der Waals surface area contributed by atoms with Crippen LogP contribution in [0.25, 0.3) is 0 Å². The molecule has 124 valence electrons. The van der Waals surface area contributed by atoms with Gasteiger partial charge in [0.1, 0.15) is 11.4 Å². The number of carbonyl (C=O) groups excluding carboxylic acids is 1. The second-order valence-electron chi connectivity index (χ2n) is 5.24. The monoisotopic (exact) mass is 335 g/mol. The number of benzene rings is 1. The number of nitrogens with zero attached hydrogens (tertiary/aromatic N) is 2. The lowest BCUT2D eigenvalue weighted by molar-refractivity contribution is 0.248. The SMILES string of the molecule is Cc1noc(C)c1N(C)C(=O)NCC[S@@](=O)Cc1ccccc1. The Morgan fingerprint density at radius 2 is 2.00 bits per heavy atom. The molecule has 1 atom stereocenters. The van der Waals surface area contributed by atoms with Gasteiger partial charge in [0.15, 0.2) is 5.76 Å². The summed E-state index contributed by atoms with van der Waals surface area (Å²) in [7, 11) is 0.645. The fourth-order valence-corrected chi connectivity index (χ4v) is 3.32. The average Bonchev–Trinajstić information content (AvgIpc) is 2.86. The summed E-state index contributed by atoms with van der Waals surface area (Å²) >= 11 is 0. The number of carbonyl (C=O) groups is 1. The van der Waals surface area contributed by atoms with Gasteiger partial charge in [-0.15, -0.1) is 0 Å². The van der Waals surface area contributed by atoms with Crippen molar-refractivity contribution in [3.8, 4) is 0 Å². The van der Waals surface area contributed by atoms with Crippen molar-refractivity contribution in [3.05, 3.63) is 47.3 Å². The Morgan fingerprint density at radius 3 is 2.61 bits per heavy atom. The zero-order valence-corrected chi connectivity index (χ0v) is 14.4. The van der Waals surface area contributed by atoms with Crippen molar-refractivity contribution in [1.82, 2.24) is 10.5 Å². The molecule has 1 heterocycles. The van der Waals surface area contributed by atoms with Crippen LogP contribution in [0, 0.1) is 13.8 Å². The predicted molar refractivity (Wildman–Crippen MR) is 90.9 cm³/mol. The molecular formula is C16H21N3O3S. The Labute approximate surface area is 138 Å². The highest BCUT2D eigenvalue weighted by atomic mass is 32.2. The summed E-state index contributed by atoms with van der Waals surface area (Å²) in [5, 5.41) is 6.60. The van der Waals surface area contributed by atoms with E-state index < -0.39 is 10.8 Å². The lowest BCUT2D eigenvalue weighted by atomic mass is 10.2. The summed E-state index contributed by atoms with van der Waals surface area (Å²) in [6.07, 6.45) is 0. The average molecular weight is 335 g/mol. The molecule has 1 aromatic heterocycles. The van der Waals surface area contributed by atoms with Crippen LogP contribution in [-0.4, -0.2) is 34.7 Å². The summed E-state index contributed by atoms with van der Waals surface area (Å²) in [5.74, 6) is 1.50. The second kappa shape index (κ2) is 7.92. The highest BCUT2D eigenvalue weighted by Gasteiger charge is 2.19. The van der Waals surface area contributed by atoms with Gasteiger partial charge in [0.05, 0.1) is 0 Å². The first-order chi connectivity index (χ1) is 11.0. The van der Waals surface area contributed by atoms with Gasteiger partial charge >= 0.3 is 6.03 Å². The van der Waals surface area contributed by atoms with Gasteiger partial charge in [0.2, 0.25) is 0 Å². The van der Waals surface area contributed by atoms with Crippen LogP contribution < -0.4 is 10.2 Å². The molecule has 2 aromatic rings. The van der Waals surface area contributed by atoms with E-state index in [1.54, 1.807) is 20.9 Å². The Morgan fingerprint density at radius 1 is 1.30 bits per heavy atom. The Bertz CT molecular complexity index is 666. The molecule has 6 nitrogen and oxygen atoms in total. The van der Waals surface area contributed by atoms with Crippen LogP contribution in [0.3, 0.4) is 0 Å². The number of nitrogens with one attached hydrogen (secondary N) is 1. The lowest BCUT2D eigenvalue weighted by Crippen LogP contribution is -2.39. The molecule has 1 N–H and O–H groups in total. The molecule has 0 saturated carbocycles. The third-order valence-corrected chi connectivity index (χ3v) is 4.73. The van der Waals surface area contributed by atoms with E-state index in [1.807, 2.05) is 30.3 Å². The highest BCUT2D eigenvalue weighted by Crippen LogP contribution is 2.22.